The van der Waals surface area contributed by atoms with Crippen LogP contribution in [0.15, 0.2) is 23.1 Å². The number of sulfonamides is 1. The van der Waals surface area contributed by atoms with Crippen molar-refractivity contribution in [2.45, 2.75) is 51.3 Å². The van der Waals surface area contributed by atoms with Gasteiger partial charge in [-0.1, -0.05) is 26.3 Å². The third-order valence-corrected chi connectivity index (χ3v) is 7.56. The van der Waals surface area contributed by atoms with Crippen molar-refractivity contribution in [3.8, 4) is 0 Å². The molecule has 1 amide bonds. The molecular weight excluding hydrogens is 348 g/mol. The van der Waals surface area contributed by atoms with Crippen molar-refractivity contribution < 1.29 is 13.2 Å². The van der Waals surface area contributed by atoms with E-state index in [0.29, 0.717) is 36.1 Å². The molecule has 0 saturated carbocycles. The molecule has 0 radical (unpaired) electrons. The maximum Gasteiger partial charge on any atom is 0.253 e. The van der Waals surface area contributed by atoms with E-state index in [1.807, 2.05) is 4.90 Å². The van der Waals surface area contributed by atoms with Crippen molar-refractivity contribution in [2.24, 2.45) is 11.8 Å². The summed E-state index contributed by atoms with van der Waals surface area (Å²) in [6.07, 6.45) is 4.02. The molecule has 2 heterocycles. The van der Waals surface area contributed by atoms with E-state index in [-0.39, 0.29) is 10.8 Å². The Morgan fingerprint density at radius 2 is 1.65 bits per heavy atom. The van der Waals surface area contributed by atoms with Crippen LogP contribution in [0, 0.1) is 18.8 Å². The molecule has 26 heavy (non-hydrogen) atoms. The molecule has 5 nitrogen and oxygen atoms in total. The van der Waals surface area contributed by atoms with Crippen LogP contribution in [0.3, 0.4) is 0 Å². The lowest BCUT2D eigenvalue weighted by molar-refractivity contribution is 0.0623. The molecule has 2 atom stereocenters. The molecule has 0 N–H and O–H groups in total. The average Bonchev–Trinajstić information content (AvgIpc) is 2.61. The van der Waals surface area contributed by atoms with Crippen LogP contribution in [0.4, 0.5) is 0 Å². The minimum atomic E-state index is -3.54. The highest BCUT2D eigenvalue weighted by molar-refractivity contribution is 7.89. The van der Waals surface area contributed by atoms with E-state index >= 15 is 0 Å². The quantitative estimate of drug-likeness (QED) is 0.811. The normalized spacial score (nSPS) is 25.3. The summed E-state index contributed by atoms with van der Waals surface area (Å²) in [5.74, 6) is 0.896. The predicted octanol–water partition coefficient (Wildman–Crippen LogP) is 3.29. The number of carbonyl (C=O) groups is 1. The van der Waals surface area contributed by atoms with Crippen molar-refractivity contribution >= 4 is 15.9 Å². The molecule has 0 aromatic heterocycles. The summed E-state index contributed by atoms with van der Waals surface area (Å²) >= 11 is 0. The van der Waals surface area contributed by atoms with Crippen LogP contribution < -0.4 is 0 Å². The third kappa shape index (κ3) is 3.96. The van der Waals surface area contributed by atoms with Gasteiger partial charge in [-0.25, -0.2) is 8.42 Å². The fourth-order valence-corrected chi connectivity index (χ4v) is 6.03. The highest BCUT2D eigenvalue weighted by atomic mass is 32.2. The maximum absolute atomic E-state index is 13.1. The molecule has 2 fully saturated rings. The van der Waals surface area contributed by atoms with Crippen LogP contribution >= 0.6 is 0 Å². The van der Waals surface area contributed by atoms with Gasteiger partial charge in [0.05, 0.1) is 4.90 Å². The molecule has 144 valence electrons. The summed E-state index contributed by atoms with van der Waals surface area (Å²) < 4.78 is 27.7. The van der Waals surface area contributed by atoms with Gasteiger partial charge in [0.15, 0.2) is 0 Å². The van der Waals surface area contributed by atoms with Gasteiger partial charge in [0.1, 0.15) is 0 Å². The smallest absolute Gasteiger partial charge is 0.253 e. The number of hydrogen-bond acceptors (Lipinski definition) is 3. The number of nitrogens with zero attached hydrogens (tertiary/aromatic N) is 2. The zero-order chi connectivity index (χ0) is 18.9. The van der Waals surface area contributed by atoms with E-state index in [4.69, 9.17) is 0 Å². The largest absolute Gasteiger partial charge is 0.338 e. The van der Waals surface area contributed by atoms with E-state index in [1.54, 1.807) is 29.4 Å². The van der Waals surface area contributed by atoms with E-state index < -0.39 is 10.0 Å². The first kappa shape index (κ1) is 19.4. The first-order chi connectivity index (χ1) is 12.3. The number of benzene rings is 1. The number of hydrogen-bond donors (Lipinski definition) is 0. The Bertz CT molecular complexity index is 759. The number of aryl methyl sites for hydroxylation is 1. The summed E-state index contributed by atoms with van der Waals surface area (Å²) in [7, 11) is -3.54. The Hall–Kier alpha value is -1.40. The molecule has 2 aliphatic heterocycles. The molecule has 1 aromatic carbocycles. The summed E-state index contributed by atoms with van der Waals surface area (Å²) in [6, 6.07) is 5.11. The molecule has 0 unspecified atom stereocenters. The lowest BCUT2D eigenvalue weighted by Gasteiger charge is -2.35. The minimum Gasteiger partial charge on any atom is -0.338 e. The van der Waals surface area contributed by atoms with Gasteiger partial charge in [-0.3, -0.25) is 4.79 Å². The van der Waals surface area contributed by atoms with Gasteiger partial charge in [-0.05, 0) is 55.7 Å². The van der Waals surface area contributed by atoms with Gasteiger partial charge < -0.3 is 4.90 Å². The monoisotopic (exact) mass is 378 g/mol. The van der Waals surface area contributed by atoms with Crippen molar-refractivity contribution in [1.29, 1.82) is 0 Å². The van der Waals surface area contributed by atoms with E-state index in [2.05, 4.69) is 13.8 Å². The number of amides is 1. The Kier molecular flexibility index (Phi) is 5.72. The number of likely N-dealkylation sites (tertiary alicyclic amines) is 1. The first-order valence-electron chi connectivity index (χ1n) is 9.69. The maximum atomic E-state index is 13.1. The molecule has 2 saturated heterocycles. The summed E-state index contributed by atoms with van der Waals surface area (Å²) in [4.78, 5) is 15.1. The lowest BCUT2D eigenvalue weighted by atomic mass is 9.91. The number of carbonyl (C=O) groups excluding carboxylic acids is 1. The van der Waals surface area contributed by atoms with Crippen LogP contribution in [0.1, 0.15) is 55.5 Å². The fourth-order valence-electron chi connectivity index (χ4n) is 4.27. The van der Waals surface area contributed by atoms with Gasteiger partial charge in [0, 0.05) is 31.7 Å². The lowest BCUT2D eigenvalue weighted by Crippen LogP contribution is -2.42. The van der Waals surface area contributed by atoms with Crippen molar-refractivity contribution in [3.05, 3.63) is 29.3 Å². The second-order valence-corrected chi connectivity index (χ2v) is 10.0. The highest BCUT2D eigenvalue weighted by Gasteiger charge is 2.30. The topological polar surface area (TPSA) is 57.7 Å². The van der Waals surface area contributed by atoms with Gasteiger partial charge in [-0.15, -0.1) is 0 Å². The van der Waals surface area contributed by atoms with Crippen LogP contribution in [-0.4, -0.2) is 49.7 Å². The zero-order valence-electron chi connectivity index (χ0n) is 16.1. The number of rotatable bonds is 3. The Labute approximate surface area is 157 Å². The zero-order valence-corrected chi connectivity index (χ0v) is 16.9. The van der Waals surface area contributed by atoms with Crippen molar-refractivity contribution in [1.82, 2.24) is 9.21 Å². The Balaban J connectivity index is 1.88. The fraction of sp³-hybridized carbons (Fsp3) is 0.650. The standard InChI is InChI=1S/C20H30N2O3S/c1-15-11-16(2)14-21(13-15)20(23)18-8-7-17(3)19(12-18)26(24,25)22-9-5-4-6-10-22/h7-8,12,15-16H,4-6,9-11,13-14H2,1-3H3/t15-,16+. The van der Waals surface area contributed by atoms with Crippen LogP contribution in [0.25, 0.3) is 0 Å². The second kappa shape index (κ2) is 7.69. The molecule has 2 aliphatic rings. The first-order valence-corrected chi connectivity index (χ1v) is 11.1. The second-order valence-electron chi connectivity index (χ2n) is 8.10. The summed E-state index contributed by atoms with van der Waals surface area (Å²) in [6.45, 7) is 8.75. The third-order valence-electron chi connectivity index (χ3n) is 5.52. The molecule has 0 aliphatic carbocycles. The van der Waals surface area contributed by atoms with Crippen molar-refractivity contribution in [3.63, 3.8) is 0 Å². The minimum absolute atomic E-state index is 0.0569. The highest BCUT2D eigenvalue weighted by Crippen LogP contribution is 2.27. The van der Waals surface area contributed by atoms with Gasteiger partial charge in [0.25, 0.3) is 5.91 Å². The molecule has 3 rings (SSSR count). The summed E-state index contributed by atoms with van der Waals surface area (Å²) in [5.41, 5.74) is 1.18. The SMILES string of the molecule is Cc1ccc(C(=O)N2C[C@H](C)C[C@H](C)C2)cc1S(=O)(=O)N1CCCCC1. The van der Waals surface area contributed by atoms with Gasteiger partial charge >= 0.3 is 0 Å². The molecular formula is C20H30N2O3S. The number of piperidine rings is 2. The van der Waals surface area contributed by atoms with Crippen LogP contribution in [-0.2, 0) is 10.0 Å². The average molecular weight is 379 g/mol. The predicted molar refractivity (Wildman–Crippen MR) is 103 cm³/mol. The van der Waals surface area contributed by atoms with Gasteiger partial charge in [0.2, 0.25) is 10.0 Å². The molecule has 6 heteroatoms. The van der Waals surface area contributed by atoms with E-state index in [1.165, 1.54) is 0 Å². The van der Waals surface area contributed by atoms with E-state index in [0.717, 1.165) is 38.8 Å². The molecule has 0 spiro atoms. The van der Waals surface area contributed by atoms with Crippen LogP contribution in [0.2, 0.25) is 0 Å². The van der Waals surface area contributed by atoms with Gasteiger partial charge in [-0.2, -0.15) is 4.31 Å². The molecule has 1 aromatic rings. The summed E-state index contributed by atoms with van der Waals surface area (Å²) in [5, 5.41) is 0. The van der Waals surface area contributed by atoms with E-state index in [9.17, 15) is 13.2 Å². The Morgan fingerprint density at radius 3 is 2.27 bits per heavy atom. The van der Waals surface area contributed by atoms with Crippen molar-refractivity contribution in [2.75, 3.05) is 26.2 Å². The van der Waals surface area contributed by atoms with Crippen LogP contribution in [0.5, 0.6) is 0 Å². The Morgan fingerprint density at radius 1 is 1.04 bits per heavy atom. The molecule has 0 bridgehead atoms.